The molecule has 0 bridgehead atoms. The summed E-state index contributed by atoms with van der Waals surface area (Å²) < 4.78 is 5.80. The predicted molar refractivity (Wildman–Crippen MR) is 87.6 cm³/mol. The highest BCUT2D eigenvalue weighted by Crippen LogP contribution is 2.23. The molecule has 1 N–H and O–H groups in total. The molecule has 1 unspecified atom stereocenters. The second-order valence-electron chi connectivity index (χ2n) is 6.18. The quantitative estimate of drug-likeness (QED) is 0.838. The van der Waals surface area contributed by atoms with Crippen molar-refractivity contribution in [1.29, 1.82) is 0 Å². The standard InChI is InChI=1S/C17H29N3O/c1-4-21-16-8-6-10-20(13-16)17-15(7-5-9-19-17)12-18-11-14(2)3/h5,7,9,14,16,18H,4,6,8,10-13H2,1-3H3. The van der Waals surface area contributed by atoms with Crippen molar-refractivity contribution in [2.75, 3.05) is 31.1 Å². The van der Waals surface area contributed by atoms with Crippen molar-refractivity contribution in [2.45, 2.75) is 46.3 Å². The predicted octanol–water partition coefficient (Wildman–Crippen LogP) is 2.83. The molecule has 2 rings (SSSR count). The highest BCUT2D eigenvalue weighted by Gasteiger charge is 2.22. The van der Waals surface area contributed by atoms with Gasteiger partial charge in [-0.05, 0) is 38.3 Å². The molecule has 0 amide bonds. The van der Waals surface area contributed by atoms with Crippen LogP contribution in [0.3, 0.4) is 0 Å². The molecule has 1 atom stereocenters. The fourth-order valence-corrected chi connectivity index (χ4v) is 2.85. The first kappa shape index (κ1) is 16.2. The lowest BCUT2D eigenvalue weighted by atomic mass is 10.1. The molecule has 2 heterocycles. The molecule has 4 heteroatoms. The summed E-state index contributed by atoms with van der Waals surface area (Å²) in [5.41, 5.74) is 1.29. The van der Waals surface area contributed by atoms with E-state index in [0.29, 0.717) is 12.0 Å². The van der Waals surface area contributed by atoms with E-state index in [9.17, 15) is 0 Å². The Morgan fingerprint density at radius 2 is 2.33 bits per heavy atom. The summed E-state index contributed by atoms with van der Waals surface area (Å²) in [6, 6.07) is 4.21. The molecule has 1 aliphatic rings. The second-order valence-corrected chi connectivity index (χ2v) is 6.18. The van der Waals surface area contributed by atoms with Gasteiger partial charge in [0.25, 0.3) is 0 Å². The minimum absolute atomic E-state index is 0.349. The molecular weight excluding hydrogens is 262 g/mol. The summed E-state index contributed by atoms with van der Waals surface area (Å²) in [6.45, 7) is 11.3. The van der Waals surface area contributed by atoms with Crippen LogP contribution in [0.25, 0.3) is 0 Å². The zero-order chi connectivity index (χ0) is 15.1. The lowest BCUT2D eigenvalue weighted by Gasteiger charge is -2.34. The third-order valence-corrected chi connectivity index (χ3v) is 3.82. The number of aromatic nitrogens is 1. The zero-order valence-electron chi connectivity index (χ0n) is 13.6. The van der Waals surface area contributed by atoms with Gasteiger partial charge in [0, 0.05) is 38.0 Å². The number of rotatable bonds is 7. The van der Waals surface area contributed by atoms with Crippen LogP contribution in [0, 0.1) is 5.92 Å². The summed E-state index contributed by atoms with van der Waals surface area (Å²) in [4.78, 5) is 7.01. The largest absolute Gasteiger partial charge is 0.377 e. The molecule has 4 nitrogen and oxygen atoms in total. The molecule has 1 saturated heterocycles. The van der Waals surface area contributed by atoms with Crippen LogP contribution in [0.4, 0.5) is 5.82 Å². The Morgan fingerprint density at radius 1 is 1.48 bits per heavy atom. The molecule has 118 valence electrons. The highest BCUT2D eigenvalue weighted by atomic mass is 16.5. The molecule has 0 aliphatic carbocycles. The Morgan fingerprint density at radius 3 is 3.10 bits per heavy atom. The van der Waals surface area contributed by atoms with Gasteiger partial charge in [-0.1, -0.05) is 19.9 Å². The smallest absolute Gasteiger partial charge is 0.133 e. The molecule has 1 fully saturated rings. The molecule has 0 aromatic carbocycles. The lowest BCUT2D eigenvalue weighted by molar-refractivity contribution is 0.0525. The Labute approximate surface area is 128 Å². The topological polar surface area (TPSA) is 37.4 Å². The number of piperidine rings is 1. The van der Waals surface area contributed by atoms with E-state index >= 15 is 0 Å². The Bertz CT molecular complexity index is 420. The van der Waals surface area contributed by atoms with Crippen LogP contribution in [-0.2, 0) is 11.3 Å². The molecule has 0 spiro atoms. The molecule has 1 aromatic rings. The highest BCUT2D eigenvalue weighted by molar-refractivity contribution is 5.47. The zero-order valence-corrected chi connectivity index (χ0v) is 13.6. The SMILES string of the molecule is CCOC1CCCN(c2ncccc2CNCC(C)C)C1. The van der Waals surface area contributed by atoms with Gasteiger partial charge < -0.3 is 15.0 Å². The Balaban J connectivity index is 2.01. The Kier molecular flexibility index (Phi) is 6.46. The van der Waals surface area contributed by atoms with Gasteiger partial charge in [0.15, 0.2) is 0 Å². The van der Waals surface area contributed by atoms with E-state index in [0.717, 1.165) is 45.0 Å². The van der Waals surface area contributed by atoms with Gasteiger partial charge in [0.2, 0.25) is 0 Å². The van der Waals surface area contributed by atoms with Crippen molar-refractivity contribution >= 4 is 5.82 Å². The van der Waals surface area contributed by atoms with Gasteiger partial charge in [-0.2, -0.15) is 0 Å². The van der Waals surface area contributed by atoms with Gasteiger partial charge >= 0.3 is 0 Å². The number of pyridine rings is 1. The number of anilines is 1. The minimum atomic E-state index is 0.349. The number of nitrogens with one attached hydrogen (secondary N) is 1. The summed E-state index contributed by atoms with van der Waals surface area (Å²) in [5.74, 6) is 1.79. The van der Waals surface area contributed by atoms with Crippen molar-refractivity contribution in [3.8, 4) is 0 Å². The first-order valence-electron chi connectivity index (χ1n) is 8.21. The second kappa shape index (κ2) is 8.35. The van der Waals surface area contributed by atoms with E-state index in [1.54, 1.807) is 0 Å². The fraction of sp³-hybridized carbons (Fsp3) is 0.706. The van der Waals surface area contributed by atoms with Crippen molar-refractivity contribution in [1.82, 2.24) is 10.3 Å². The van der Waals surface area contributed by atoms with Crippen LogP contribution in [0.15, 0.2) is 18.3 Å². The summed E-state index contributed by atoms with van der Waals surface area (Å²) in [6.07, 6.45) is 4.59. The lowest BCUT2D eigenvalue weighted by Crippen LogP contribution is -2.40. The first-order valence-corrected chi connectivity index (χ1v) is 8.21. The number of hydrogen-bond donors (Lipinski definition) is 1. The molecule has 0 radical (unpaired) electrons. The molecule has 1 aromatic heterocycles. The average Bonchev–Trinajstić information content (AvgIpc) is 2.48. The summed E-state index contributed by atoms with van der Waals surface area (Å²) in [7, 11) is 0. The van der Waals surface area contributed by atoms with Gasteiger partial charge in [0.05, 0.1) is 6.10 Å². The Hall–Kier alpha value is -1.13. The van der Waals surface area contributed by atoms with Crippen LogP contribution in [0.2, 0.25) is 0 Å². The van der Waals surface area contributed by atoms with Gasteiger partial charge in [-0.3, -0.25) is 0 Å². The summed E-state index contributed by atoms with van der Waals surface area (Å²) in [5, 5.41) is 3.52. The maximum Gasteiger partial charge on any atom is 0.133 e. The van der Waals surface area contributed by atoms with Crippen LogP contribution in [-0.4, -0.2) is 37.3 Å². The van der Waals surface area contributed by atoms with E-state index in [2.05, 4.69) is 42.0 Å². The van der Waals surface area contributed by atoms with E-state index < -0.39 is 0 Å². The van der Waals surface area contributed by atoms with Crippen molar-refractivity contribution in [3.05, 3.63) is 23.9 Å². The van der Waals surface area contributed by atoms with E-state index in [4.69, 9.17) is 4.74 Å². The van der Waals surface area contributed by atoms with Gasteiger partial charge in [-0.15, -0.1) is 0 Å². The number of hydrogen-bond acceptors (Lipinski definition) is 4. The van der Waals surface area contributed by atoms with Crippen molar-refractivity contribution < 1.29 is 4.74 Å². The molecular formula is C17H29N3O. The maximum absolute atomic E-state index is 5.80. The van der Waals surface area contributed by atoms with Crippen molar-refractivity contribution in [3.63, 3.8) is 0 Å². The molecule has 21 heavy (non-hydrogen) atoms. The van der Waals surface area contributed by atoms with Crippen LogP contribution < -0.4 is 10.2 Å². The van der Waals surface area contributed by atoms with Crippen LogP contribution >= 0.6 is 0 Å². The normalized spacial score (nSPS) is 19.2. The summed E-state index contributed by atoms with van der Waals surface area (Å²) >= 11 is 0. The average molecular weight is 291 g/mol. The maximum atomic E-state index is 5.80. The molecule has 1 aliphatic heterocycles. The fourth-order valence-electron chi connectivity index (χ4n) is 2.85. The van der Waals surface area contributed by atoms with Crippen LogP contribution in [0.1, 0.15) is 39.2 Å². The third kappa shape index (κ3) is 4.97. The van der Waals surface area contributed by atoms with E-state index in [1.807, 2.05) is 12.3 Å². The third-order valence-electron chi connectivity index (χ3n) is 3.82. The monoisotopic (exact) mass is 291 g/mol. The van der Waals surface area contributed by atoms with Gasteiger partial charge in [0.1, 0.15) is 5.82 Å². The minimum Gasteiger partial charge on any atom is -0.377 e. The number of nitrogens with zero attached hydrogens (tertiary/aromatic N) is 2. The molecule has 0 saturated carbocycles. The van der Waals surface area contributed by atoms with Crippen LogP contribution in [0.5, 0.6) is 0 Å². The first-order chi connectivity index (χ1) is 10.2. The van der Waals surface area contributed by atoms with E-state index in [-0.39, 0.29) is 0 Å². The number of ether oxygens (including phenoxy) is 1. The van der Waals surface area contributed by atoms with Gasteiger partial charge in [-0.25, -0.2) is 4.98 Å². The van der Waals surface area contributed by atoms with Crippen molar-refractivity contribution in [2.24, 2.45) is 5.92 Å². The van der Waals surface area contributed by atoms with E-state index in [1.165, 1.54) is 12.0 Å².